The van der Waals surface area contributed by atoms with Crippen molar-refractivity contribution >= 4 is 68.0 Å². The van der Waals surface area contributed by atoms with Gasteiger partial charge in [0.15, 0.2) is 7.14 Å². The standard InChI is InChI=1S/C51H38N3OP/c55-56(47-30-15-19-40(36-47)51-50-33-14-13-18-39(50)34-35-52-51,48-31-16-28-45(37-48)53(41-20-5-1-6-21-41)42-22-7-2-8-23-42)49-32-17-29-46(38-49)54(43-24-9-3-10-25-43)44-26-11-4-12-27-44/h1-38H. The number of pyridine rings is 1. The average Bonchev–Trinajstić information content (AvgIpc) is 3.28. The van der Waals surface area contributed by atoms with E-state index in [2.05, 4.69) is 107 Å². The van der Waals surface area contributed by atoms with Gasteiger partial charge in [-0.1, -0.05) is 140 Å². The van der Waals surface area contributed by atoms with Gasteiger partial charge < -0.3 is 14.4 Å². The zero-order chi connectivity index (χ0) is 37.7. The van der Waals surface area contributed by atoms with Gasteiger partial charge in [0, 0.05) is 67.2 Å². The number of fused-ring (bicyclic) bond motifs is 1. The fourth-order valence-corrected chi connectivity index (χ4v) is 10.2. The van der Waals surface area contributed by atoms with Crippen LogP contribution < -0.4 is 25.7 Å². The fourth-order valence-electron chi connectivity index (χ4n) is 7.50. The van der Waals surface area contributed by atoms with Gasteiger partial charge >= 0.3 is 0 Å². The molecule has 1 aromatic heterocycles. The molecule has 8 aromatic carbocycles. The first-order chi connectivity index (χ1) is 27.7. The highest BCUT2D eigenvalue weighted by Gasteiger charge is 2.32. The molecule has 268 valence electrons. The Bertz CT molecular complexity index is 2580. The molecule has 0 aliphatic carbocycles. The van der Waals surface area contributed by atoms with Crippen LogP contribution in [0, 0.1) is 0 Å². The maximum Gasteiger partial charge on any atom is 0.171 e. The van der Waals surface area contributed by atoms with Crippen molar-refractivity contribution in [2.24, 2.45) is 0 Å². The molecule has 0 aliphatic heterocycles. The summed E-state index contributed by atoms with van der Waals surface area (Å²) < 4.78 is 16.7. The van der Waals surface area contributed by atoms with Crippen LogP contribution in [0.3, 0.4) is 0 Å². The lowest BCUT2D eigenvalue weighted by molar-refractivity contribution is 0.592. The second-order valence-corrected chi connectivity index (χ2v) is 16.4. The lowest BCUT2D eigenvalue weighted by Gasteiger charge is -2.29. The van der Waals surface area contributed by atoms with Crippen molar-refractivity contribution < 1.29 is 4.57 Å². The van der Waals surface area contributed by atoms with E-state index in [-0.39, 0.29) is 0 Å². The number of anilines is 6. The van der Waals surface area contributed by atoms with Crippen LogP contribution in [0.25, 0.3) is 22.0 Å². The number of para-hydroxylation sites is 4. The Hall–Kier alpha value is -7.00. The Labute approximate surface area is 328 Å². The molecule has 0 N–H and O–H groups in total. The zero-order valence-electron chi connectivity index (χ0n) is 30.6. The molecule has 0 bridgehead atoms. The Morgan fingerprint density at radius 2 is 0.750 bits per heavy atom. The van der Waals surface area contributed by atoms with Gasteiger partial charge in [0.25, 0.3) is 0 Å². The number of benzene rings is 8. The van der Waals surface area contributed by atoms with E-state index in [4.69, 9.17) is 4.98 Å². The van der Waals surface area contributed by atoms with E-state index in [1.165, 1.54) is 0 Å². The minimum absolute atomic E-state index is 0.732. The summed E-state index contributed by atoms with van der Waals surface area (Å²) in [5.41, 5.74) is 7.65. The molecule has 0 atom stereocenters. The van der Waals surface area contributed by atoms with Crippen molar-refractivity contribution in [1.29, 1.82) is 0 Å². The molecule has 4 nitrogen and oxygen atoms in total. The highest BCUT2D eigenvalue weighted by Crippen LogP contribution is 2.46. The first-order valence-electron chi connectivity index (χ1n) is 18.7. The molecule has 0 saturated carbocycles. The fraction of sp³-hybridized carbons (Fsp3) is 0. The highest BCUT2D eigenvalue weighted by atomic mass is 31.2. The van der Waals surface area contributed by atoms with Gasteiger partial charge in [-0.25, -0.2) is 0 Å². The van der Waals surface area contributed by atoms with Crippen LogP contribution in [0.1, 0.15) is 0 Å². The van der Waals surface area contributed by atoms with Crippen LogP contribution >= 0.6 is 7.14 Å². The largest absolute Gasteiger partial charge is 0.310 e. The zero-order valence-corrected chi connectivity index (χ0v) is 31.5. The number of hydrogen-bond acceptors (Lipinski definition) is 4. The van der Waals surface area contributed by atoms with Crippen LogP contribution in [0.15, 0.2) is 231 Å². The molecular formula is C51H38N3OP. The third-order valence-corrected chi connectivity index (χ3v) is 13.1. The molecule has 1 heterocycles. The summed E-state index contributed by atoms with van der Waals surface area (Å²) in [6.45, 7) is 0. The second-order valence-electron chi connectivity index (χ2n) is 13.6. The van der Waals surface area contributed by atoms with Crippen LogP contribution in [0.2, 0.25) is 0 Å². The van der Waals surface area contributed by atoms with Crippen molar-refractivity contribution in [2.45, 2.75) is 0 Å². The molecule has 0 radical (unpaired) electrons. The normalized spacial score (nSPS) is 11.3. The molecule has 5 heteroatoms. The van der Waals surface area contributed by atoms with Crippen molar-refractivity contribution in [2.75, 3.05) is 9.80 Å². The third-order valence-electron chi connectivity index (χ3n) is 10.1. The van der Waals surface area contributed by atoms with Crippen molar-refractivity contribution in [3.8, 4) is 11.3 Å². The topological polar surface area (TPSA) is 36.4 Å². The van der Waals surface area contributed by atoms with Gasteiger partial charge in [-0.05, 0) is 90.3 Å². The smallest absolute Gasteiger partial charge is 0.171 e. The van der Waals surface area contributed by atoms with Gasteiger partial charge in [-0.15, -0.1) is 0 Å². The van der Waals surface area contributed by atoms with E-state index >= 15 is 4.57 Å². The Kier molecular flexibility index (Phi) is 9.55. The molecule has 0 aliphatic rings. The van der Waals surface area contributed by atoms with E-state index in [0.29, 0.717) is 0 Å². The monoisotopic (exact) mass is 739 g/mol. The van der Waals surface area contributed by atoms with Gasteiger partial charge in [-0.3, -0.25) is 4.98 Å². The highest BCUT2D eigenvalue weighted by molar-refractivity contribution is 7.85. The lowest BCUT2D eigenvalue weighted by Crippen LogP contribution is -2.26. The summed E-state index contributed by atoms with van der Waals surface area (Å²) >= 11 is 0. The van der Waals surface area contributed by atoms with E-state index in [0.717, 1.165) is 72.1 Å². The van der Waals surface area contributed by atoms with Gasteiger partial charge in [-0.2, -0.15) is 0 Å². The maximum atomic E-state index is 16.7. The minimum atomic E-state index is -3.56. The quantitative estimate of drug-likeness (QED) is 0.131. The first-order valence-corrected chi connectivity index (χ1v) is 20.4. The van der Waals surface area contributed by atoms with E-state index in [1.54, 1.807) is 0 Å². The van der Waals surface area contributed by atoms with Crippen LogP contribution in [-0.4, -0.2) is 4.98 Å². The molecule has 0 unspecified atom stereocenters. The van der Waals surface area contributed by atoms with Gasteiger partial charge in [0.1, 0.15) is 0 Å². The minimum Gasteiger partial charge on any atom is -0.310 e. The van der Waals surface area contributed by atoms with Crippen molar-refractivity contribution in [3.05, 3.63) is 231 Å². The van der Waals surface area contributed by atoms with Crippen LogP contribution in [0.5, 0.6) is 0 Å². The molecule has 0 fully saturated rings. The summed E-state index contributed by atoms with van der Waals surface area (Å²) in [5.74, 6) is 0. The van der Waals surface area contributed by atoms with E-state index in [9.17, 15) is 0 Å². The van der Waals surface area contributed by atoms with Crippen molar-refractivity contribution in [3.63, 3.8) is 0 Å². The van der Waals surface area contributed by atoms with E-state index in [1.807, 2.05) is 134 Å². The van der Waals surface area contributed by atoms with Gasteiger partial charge in [0.05, 0.1) is 5.69 Å². The first kappa shape index (κ1) is 34.7. The summed E-state index contributed by atoms with van der Waals surface area (Å²) in [7, 11) is -3.56. The summed E-state index contributed by atoms with van der Waals surface area (Å²) in [4.78, 5) is 9.28. The number of hydrogen-bond donors (Lipinski definition) is 0. The Morgan fingerprint density at radius 1 is 0.357 bits per heavy atom. The SMILES string of the molecule is O=P(c1cccc(-c2nccc3ccccc23)c1)(c1cccc(N(c2ccccc2)c2ccccc2)c1)c1cccc(N(c2ccccc2)c2ccccc2)c1. The Morgan fingerprint density at radius 3 is 1.23 bits per heavy atom. The van der Waals surface area contributed by atoms with Crippen molar-refractivity contribution in [1.82, 2.24) is 4.98 Å². The second kappa shape index (κ2) is 15.4. The molecule has 0 saturated heterocycles. The molecule has 9 rings (SSSR count). The average molecular weight is 740 g/mol. The third kappa shape index (κ3) is 6.68. The molecule has 0 spiro atoms. The number of rotatable bonds is 10. The Balaban J connectivity index is 1.26. The lowest BCUT2D eigenvalue weighted by atomic mass is 10.0. The molecule has 9 aromatic rings. The predicted molar refractivity (Wildman–Crippen MR) is 236 cm³/mol. The van der Waals surface area contributed by atoms with Crippen LogP contribution in [-0.2, 0) is 4.57 Å². The maximum absolute atomic E-state index is 16.7. The van der Waals surface area contributed by atoms with Gasteiger partial charge in [0.2, 0.25) is 0 Å². The molecule has 0 amide bonds. The van der Waals surface area contributed by atoms with Crippen LogP contribution in [0.4, 0.5) is 34.1 Å². The van der Waals surface area contributed by atoms with E-state index < -0.39 is 7.14 Å². The summed E-state index contributed by atoms with van der Waals surface area (Å²) in [5, 5.41) is 4.36. The molecule has 56 heavy (non-hydrogen) atoms. The number of aromatic nitrogens is 1. The molecular weight excluding hydrogens is 702 g/mol. The summed E-state index contributed by atoms with van der Waals surface area (Å²) in [6, 6.07) is 76.2. The summed E-state index contributed by atoms with van der Waals surface area (Å²) in [6.07, 6.45) is 1.85. The number of nitrogens with zero attached hydrogens (tertiary/aromatic N) is 3. The predicted octanol–water partition coefficient (Wildman–Crippen LogP) is 12.5.